The zero-order valence-corrected chi connectivity index (χ0v) is 16.4. The van der Waals surface area contributed by atoms with Gasteiger partial charge in [0.15, 0.2) is 5.75 Å². The van der Waals surface area contributed by atoms with Crippen molar-refractivity contribution in [1.82, 2.24) is 0 Å². The summed E-state index contributed by atoms with van der Waals surface area (Å²) in [7, 11) is -8.54. The Kier molecular flexibility index (Phi) is 5.41. The van der Waals surface area contributed by atoms with Gasteiger partial charge in [-0.15, -0.1) is 0 Å². The number of anilines is 1. The van der Waals surface area contributed by atoms with Gasteiger partial charge < -0.3 is 4.74 Å². The topological polar surface area (TPSA) is 110 Å². The monoisotopic (exact) mass is 419 g/mol. The number of sulfonamides is 1. The van der Waals surface area contributed by atoms with Crippen molar-refractivity contribution >= 4 is 25.8 Å². The zero-order chi connectivity index (χ0) is 20.4. The van der Waals surface area contributed by atoms with Crippen molar-refractivity contribution in [3.8, 4) is 11.5 Å². The molecule has 0 aliphatic rings. The lowest BCUT2D eigenvalue weighted by atomic mass is 10.2. The van der Waals surface area contributed by atoms with Gasteiger partial charge >= 0.3 is 0 Å². The molecule has 0 spiro atoms. The van der Waals surface area contributed by atoms with Gasteiger partial charge in [-0.3, -0.25) is 9.27 Å². The van der Waals surface area contributed by atoms with Crippen LogP contribution in [0.3, 0.4) is 0 Å². The second-order valence-corrected chi connectivity index (χ2v) is 9.07. The van der Waals surface area contributed by atoms with Crippen LogP contribution in [0.5, 0.6) is 11.5 Å². The van der Waals surface area contributed by atoms with Crippen molar-refractivity contribution in [2.75, 3.05) is 4.72 Å². The van der Waals surface area contributed by atoms with Crippen LogP contribution in [0.15, 0.2) is 82.6 Å². The summed E-state index contributed by atoms with van der Waals surface area (Å²) in [6.45, 7) is 1.82. The zero-order valence-electron chi connectivity index (χ0n) is 14.7. The van der Waals surface area contributed by atoms with Crippen LogP contribution < -0.4 is 9.46 Å². The van der Waals surface area contributed by atoms with E-state index >= 15 is 0 Å². The SMILES string of the molecule is Cc1ccc(S(=O)(=O)Nc2cc(S(=O)(=O)O)ccc2Oc2ccccc2)cc1. The Morgan fingerprint density at radius 2 is 1.43 bits per heavy atom. The van der Waals surface area contributed by atoms with Crippen LogP contribution in [0.2, 0.25) is 0 Å². The van der Waals surface area contributed by atoms with Gasteiger partial charge in [-0.25, -0.2) is 8.42 Å². The summed E-state index contributed by atoms with van der Waals surface area (Å²) >= 11 is 0. The smallest absolute Gasteiger partial charge is 0.294 e. The summed E-state index contributed by atoms with van der Waals surface area (Å²) in [6, 6.07) is 18.1. The Hall–Kier alpha value is -2.88. The molecule has 0 radical (unpaired) electrons. The molecule has 0 bridgehead atoms. The highest BCUT2D eigenvalue weighted by molar-refractivity contribution is 7.92. The molecule has 0 atom stereocenters. The molecule has 146 valence electrons. The minimum absolute atomic E-state index is 0.000944. The van der Waals surface area contributed by atoms with E-state index in [4.69, 9.17) is 4.74 Å². The number of benzene rings is 3. The Morgan fingerprint density at radius 3 is 2.04 bits per heavy atom. The van der Waals surface area contributed by atoms with Gasteiger partial charge in [-0.1, -0.05) is 35.9 Å². The quantitative estimate of drug-likeness (QED) is 0.588. The van der Waals surface area contributed by atoms with Crippen LogP contribution in [0.4, 0.5) is 5.69 Å². The minimum Gasteiger partial charge on any atom is -0.455 e. The van der Waals surface area contributed by atoms with Gasteiger partial charge in [-0.2, -0.15) is 8.42 Å². The molecule has 0 aromatic heterocycles. The van der Waals surface area contributed by atoms with Crippen LogP contribution in [0.1, 0.15) is 5.56 Å². The van der Waals surface area contributed by atoms with Crippen LogP contribution in [0, 0.1) is 6.92 Å². The first-order valence-electron chi connectivity index (χ1n) is 8.09. The fourth-order valence-electron chi connectivity index (χ4n) is 2.37. The highest BCUT2D eigenvalue weighted by atomic mass is 32.2. The average molecular weight is 419 g/mol. The number of rotatable bonds is 6. The van der Waals surface area contributed by atoms with Crippen LogP contribution in [0.25, 0.3) is 0 Å². The highest BCUT2D eigenvalue weighted by Gasteiger charge is 2.20. The van der Waals surface area contributed by atoms with Crippen LogP contribution in [-0.2, 0) is 20.1 Å². The van der Waals surface area contributed by atoms with Crippen molar-refractivity contribution in [1.29, 1.82) is 0 Å². The lowest BCUT2D eigenvalue weighted by molar-refractivity contribution is 0.479. The van der Waals surface area contributed by atoms with Crippen molar-refractivity contribution in [2.45, 2.75) is 16.7 Å². The van der Waals surface area contributed by atoms with E-state index in [-0.39, 0.29) is 16.3 Å². The van der Waals surface area contributed by atoms with E-state index in [0.29, 0.717) is 5.75 Å². The lowest BCUT2D eigenvalue weighted by Crippen LogP contribution is -2.14. The Labute approximate surface area is 163 Å². The van der Waals surface area contributed by atoms with Gasteiger partial charge in [0.05, 0.1) is 15.5 Å². The summed E-state index contributed by atoms with van der Waals surface area (Å²) < 4.78 is 65.6. The first-order valence-corrected chi connectivity index (χ1v) is 11.0. The molecule has 3 aromatic carbocycles. The average Bonchev–Trinajstić information content (AvgIpc) is 2.63. The first-order chi connectivity index (χ1) is 13.1. The second-order valence-electron chi connectivity index (χ2n) is 5.97. The van der Waals surface area contributed by atoms with Gasteiger partial charge in [0, 0.05) is 0 Å². The molecule has 0 unspecified atom stereocenters. The number of aryl methyl sites for hydroxylation is 1. The van der Waals surface area contributed by atoms with E-state index < -0.39 is 25.0 Å². The number of hydrogen-bond acceptors (Lipinski definition) is 5. The largest absolute Gasteiger partial charge is 0.455 e. The molecular formula is C19H17NO6S2. The third-order valence-corrected chi connectivity index (χ3v) is 6.03. The third kappa shape index (κ3) is 4.69. The predicted molar refractivity (Wildman–Crippen MR) is 105 cm³/mol. The normalized spacial score (nSPS) is 11.8. The van der Waals surface area contributed by atoms with Crippen molar-refractivity contribution in [3.63, 3.8) is 0 Å². The van der Waals surface area contributed by atoms with Gasteiger partial charge in [0.1, 0.15) is 5.75 Å². The molecule has 0 amide bonds. The molecule has 0 aliphatic heterocycles. The predicted octanol–water partition coefficient (Wildman–Crippen LogP) is 3.83. The first kappa shape index (κ1) is 19.9. The number of hydrogen-bond donors (Lipinski definition) is 2. The van der Waals surface area contributed by atoms with E-state index in [1.54, 1.807) is 42.5 Å². The van der Waals surface area contributed by atoms with Crippen LogP contribution >= 0.6 is 0 Å². The maximum atomic E-state index is 12.7. The molecule has 7 nitrogen and oxygen atoms in total. The second kappa shape index (κ2) is 7.63. The summed E-state index contributed by atoms with van der Waals surface area (Å²) in [5.41, 5.74) is 0.764. The van der Waals surface area contributed by atoms with Gasteiger partial charge in [-0.05, 0) is 49.4 Å². The molecule has 0 saturated heterocycles. The number of ether oxygens (including phenoxy) is 1. The summed E-state index contributed by atoms with van der Waals surface area (Å²) in [5, 5.41) is 0. The standard InChI is InChI=1S/C19H17NO6S2/c1-14-7-9-16(10-8-14)27(21,22)20-18-13-17(28(23,24)25)11-12-19(18)26-15-5-3-2-4-6-15/h2-13,20H,1H3,(H,23,24,25). The van der Waals surface area contributed by atoms with Gasteiger partial charge in [0.25, 0.3) is 20.1 Å². The van der Waals surface area contributed by atoms with Crippen molar-refractivity contribution in [3.05, 3.63) is 78.4 Å². The molecule has 3 aromatic rings. The van der Waals surface area contributed by atoms with Crippen molar-refractivity contribution in [2.24, 2.45) is 0 Å². The fourth-order valence-corrected chi connectivity index (χ4v) is 3.94. The van der Waals surface area contributed by atoms with E-state index in [2.05, 4.69) is 4.72 Å². The minimum atomic E-state index is -4.53. The van der Waals surface area contributed by atoms with E-state index in [9.17, 15) is 21.4 Å². The third-order valence-electron chi connectivity index (χ3n) is 3.80. The Bertz CT molecular complexity index is 1190. The van der Waals surface area contributed by atoms with E-state index in [1.807, 2.05) is 6.92 Å². The Morgan fingerprint density at radius 1 is 0.821 bits per heavy atom. The molecule has 0 aliphatic carbocycles. The lowest BCUT2D eigenvalue weighted by Gasteiger charge is -2.14. The molecule has 9 heteroatoms. The van der Waals surface area contributed by atoms with Crippen LogP contribution in [-0.4, -0.2) is 21.4 Å². The van der Waals surface area contributed by atoms with Crippen molar-refractivity contribution < 1.29 is 26.1 Å². The molecule has 0 fully saturated rings. The number of nitrogens with one attached hydrogen (secondary N) is 1. The maximum absolute atomic E-state index is 12.7. The summed E-state index contributed by atoms with van der Waals surface area (Å²) in [6.07, 6.45) is 0. The number of para-hydroxylation sites is 1. The van der Waals surface area contributed by atoms with E-state index in [1.165, 1.54) is 18.2 Å². The maximum Gasteiger partial charge on any atom is 0.294 e. The fraction of sp³-hybridized carbons (Fsp3) is 0.0526. The highest BCUT2D eigenvalue weighted by Crippen LogP contribution is 2.33. The summed E-state index contributed by atoms with van der Waals surface area (Å²) in [4.78, 5) is -0.462. The Balaban J connectivity index is 2.04. The molecule has 2 N–H and O–H groups in total. The molecule has 0 saturated carbocycles. The molecule has 0 heterocycles. The molecule has 3 rings (SSSR count). The summed E-state index contributed by atoms with van der Waals surface area (Å²) in [5.74, 6) is 0.507. The molecule has 28 heavy (non-hydrogen) atoms. The molecular weight excluding hydrogens is 402 g/mol. The van der Waals surface area contributed by atoms with Gasteiger partial charge in [0.2, 0.25) is 0 Å². The van der Waals surface area contributed by atoms with E-state index in [0.717, 1.165) is 17.7 Å².